The molecule has 0 aliphatic heterocycles. The Labute approximate surface area is 147 Å². The number of carbonyl (C=O) groups excluding carboxylic acids is 1. The molecule has 23 heavy (non-hydrogen) atoms. The van der Waals surface area contributed by atoms with Crippen LogP contribution in [-0.2, 0) is 4.79 Å². The highest BCUT2D eigenvalue weighted by atomic mass is 79.9. The van der Waals surface area contributed by atoms with E-state index in [-0.39, 0.29) is 22.4 Å². The maximum Gasteiger partial charge on any atom is 0.236 e. The van der Waals surface area contributed by atoms with Gasteiger partial charge < -0.3 is 10.1 Å². The number of benzene rings is 1. The van der Waals surface area contributed by atoms with Crippen molar-refractivity contribution in [3.63, 3.8) is 0 Å². The number of aromatic nitrogens is 1. The molecule has 7 heteroatoms. The second-order valence-electron chi connectivity index (χ2n) is 6.21. The Kier molecular flexibility index (Phi) is 5.75. The van der Waals surface area contributed by atoms with Gasteiger partial charge >= 0.3 is 0 Å². The topological polar surface area (TPSA) is 51.2 Å². The van der Waals surface area contributed by atoms with E-state index in [1.54, 1.807) is 17.5 Å². The Balaban J connectivity index is 2.12. The van der Waals surface area contributed by atoms with Crippen LogP contribution in [0.3, 0.4) is 0 Å². The molecule has 1 N–H and O–H groups in total. The second kappa shape index (κ2) is 7.40. The maximum absolute atomic E-state index is 14.2. The number of carbonyl (C=O) groups is 1. The lowest BCUT2D eigenvalue weighted by molar-refractivity contribution is -0.113. The normalized spacial score (nSPS) is 11.3. The lowest BCUT2D eigenvalue weighted by Crippen LogP contribution is -2.17. The Morgan fingerprint density at radius 1 is 1.43 bits per heavy atom. The molecule has 0 unspecified atom stereocenters. The first-order valence-electron chi connectivity index (χ1n) is 7.02. The van der Waals surface area contributed by atoms with E-state index in [2.05, 4.69) is 26.2 Å². The molecule has 0 spiro atoms. The fourth-order valence-electron chi connectivity index (χ4n) is 1.69. The van der Waals surface area contributed by atoms with Crippen molar-refractivity contribution in [1.29, 1.82) is 0 Å². The molecule has 0 radical (unpaired) electrons. The fourth-order valence-corrected chi connectivity index (χ4v) is 2.56. The van der Waals surface area contributed by atoms with E-state index in [9.17, 15) is 9.18 Å². The van der Waals surface area contributed by atoms with Gasteiger partial charge in [0.05, 0.1) is 17.6 Å². The average Bonchev–Trinajstić information content (AvgIpc) is 2.93. The Morgan fingerprint density at radius 3 is 2.78 bits per heavy atom. The number of halogens is 2. The summed E-state index contributed by atoms with van der Waals surface area (Å²) in [6, 6.07) is 4.75. The SMILES string of the molecule is CC(C)(C)COc1ccc(-c2csc(NC(=O)CBr)n2)cc1F. The highest BCUT2D eigenvalue weighted by molar-refractivity contribution is 9.09. The predicted octanol–water partition coefficient (Wildman–Crippen LogP) is 4.71. The standard InChI is InChI=1S/C16H18BrFN2O2S/c1-16(2,3)9-22-13-5-4-10(6-11(13)18)12-8-23-15(19-12)20-14(21)7-17/h4-6,8H,7,9H2,1-3H3,(H,19,20,21). The van der Waals surface area contributed by atoms with Gasteiger partial charge in [0.15, 0.2) is 16.7 Å². The van der Waals surface area contributed by atoms with E-state index in [0.717, 1.165) is 0 Å². The minimum absolute atomic E-state index is 0.0391. The first kappa shape index (κ1) is 17.9. The molecule has 0 saturated heterocycles. The molecule has 2 aromatic rings. The third-order valence-corrected chi connectivity index (χ3v) is 4.03. The van der Waals surface area contributed by atoms with Gasteiger partial charge in [0.1, 0.15) is 0 Å². The summed E-state index contributed by atoms with van der Waals surface area (Å²) in [5.74, 6) is -0.375. The van der Waals surface area contributed by atoms with Crippen LogP contribution in [-0.4, -0.2) is 22.8 Å². The monoisotopic (exact) mass is 400 g/mol. The number of ether oxygens (including phenoxy) is 1. The van der Waals surface area contributed by atoms with Crippen molar-refractivity contribution in [2.45, 2.75) is 20.8 Å². The zero-order chi connectivity index (χ0) is 17.0. The molecular formula is C16H18BrFN2O2S. The predicted molar refractivity (Wildman–Crippen MR) is 94.9 cm³/mol. The molecule has 1 aromatic carbocycles. The molecule has 124 valence electrons. The summed E-state index contributed by atoms with van der Waals surface area (Å²) in [5.41, 5.74) is 1.21. The van der Waals surface area contributed by atoms with Crippen LogP contribution in [0.15, 0.2) is 23.6 Å². The first-order chi connectivity index (χ1) is 10.8. The summed E-state index contributed by atoms with van der Waals surface area (Å²) in [5, 5.41) is 5.11. The van der Waals surface area contributed by atoms with Crippen molar-refractivity contribution in [2.75, 3.05) is 17.3 Å². The van der Waals surface area contributed by atoms with Crippen molar-refractivity contribution in [3.05, 3.63) is 29.4 Å². The van der Waals surface area contributed by atoms with E-state index >= 15 is 0 Å². The van der Waals surface area contributed by atoms with Gasteiger partial charge in [0.25, 0.3) is 0 Å². The maximum atomic E-state index is 14.2. The first-order valence-corrected chi connectivity index (χ1v) is 9.03. The quantitative estimate of drug-likeness (QED) is 0.739. The number of nitrogens with zero attached hydrogens (tertiary/aromatic N) is 1. The van der Waals surface area contributed by atoms with Gasteiger partial charge in [-0.25, -0.2) is 9.37 Å². The van der Waals surface area contributed by atoms with Gasteiger partial charge in [-0.15, -0.1) is 11.3 Å². The van der Waals surface area contributed by atoms with Gasteiger partial charge in [-0.3, -0.25) is 4.79 Å². The lowest BCUT2D eigenvalue weighted by Gasteiger charge is -2.19. The summed E-state index contributed by atoms with van der Waals surface area (Å²) >= 11 is 4.37. The van der Waals surface area contributed by atoms with Crippen LogP contribution in [0.5, 0.6) is 5.75 Å². The fraction of sp³-hybridized carbons (Fsp3) is 0.375. The average molecular weight is 401 g/mol. The van der Waals surface area contributed by atoms with Crippen LogP contribution in [0.2, 0.25) is 0 Å². The Hall–Kier alpha value is -1.47. The summed E-state index contributed by atoms with van der Waals surface area (Å²) in [4.78, 5) is 15.6. The number of nitrogens with one attached hydrogen (secondary N) is 1. The number of hydrogen-bond acceptors (Lipinski definition) is 4. The third kappa shape index (κ3) is 5.28. The molecule has 0 aliphatic carbocycles. The van der Waals surface area contributed by atoms with E-state index in [4.69, 9.17) is 4.74 Å². The number of amides is 1. The summed E-state index contributed by atoms with van der Waals surface area (Å²) in [6.45, 7) is 6.51. The van der Waals surface area contributed by atoms with Crippen molar-refractivity contribution in [2.24, 2.45) is 5.41 Å². The molecule has 0 fully saturated rings. The molecule has 0 aliphatic rings. The number of anilines is 1. The zero-order valence-electron chi connectivity index (χ0n) is 13.2. The number of thiazole rings is 1. The van der Waals surface area contributed by atoms with Crippen LogP contribution >= 0.6 is 27.3 Å². The van der Waals surface area contributed by atoms with Gasteiger partial charge in [-0.05, 0) is 23.6 Å². The largest absolute Gasteiger partial charge is 0.490 e. The highest BCUT2D eigenvalue weighted by Crippen LogP contribution is 2.29. The molecule has 1 amide bonds. The van der Waals surface area contributed by atoms with Gasteiger partial charge in [0, 0.05) is 10.9 Å². The smallest absolute Gasteiger partial charge is 0.236 e. The van der Waals surface area contributed by atoms with E-state index in [1.165, 1.54) is 17.4 Å². The molecule has 2 rings (SSSR count). The molecule has 0 saturated carbocycles. The molecule has 1 aromatic heterocycles. The van der Waals surface area contributed by atoms with Crippen LogP contribution < -0.4 is 10.1 Å². The van der Waals surface area contributed by atoms with Crippen LogP contribution in [0.1, 0.15) is 20.8 Å². The number of alkyl halides is 1. The molecule has 0 atom stereocenters. The number of hydrogen-bond donors (Lipinski definition) is 1. The van der Waals surface area contributed by atoms with E-state index < -0.39 is 5.82 Å². The highest BCUT2D eigenvalue weighted by Gasteiger charge is 2.14. The van der Waals surface area contributed by atoms with Crippen molar-refractivity contribution < 1.29 is 13.9 Å². The van der Waals surface area contributed by atoms with Crippen molar-refractivity contribution in [1.82, 2.24) is 4.98 Å². The summed E-state index contributed by atoms with van der Waals surface area (Å²) in [6.07, 6.45) is 0. The lowest BCUT2D eigenvalue weighted by atomic mass is 9.99. The molecule has 0 bridgehead atoms. The summed E-state index contributed by atoms with van der Waals surface area (Å²) in [7, 11) is 0. The minimum Gasteiger partial charge on any atom is -0.490 e. The van der Waals surface area contributed by atoms with Gasteiger partial charge in [-0.2, -0.15) is 0 Å². The van der Waals surface area contributed by atoms with Crippen molar-refractivity contribution in [3.8, 4) is 17.0 Å². The second-order valence-corrected chi connectivity index (χ2v) is 7.63. The number of rotatable bonds is 5. The van der Waals surface area contributed by atoms with Gasteiger partial charge in [-0.1, -0.05) is 36.7 Å². The Bertz CT molecular complexity index is 698. The van der Waals surface area contributed by atoms with Crippen molar-refractivity contribution >= 4 is 38.3 Å². The molecule has 4 nitrogen and oxygen atoms in total. The van der Waals surface area contributed by atoms with Gasteiger partial charge in [0.2, 0.25) is 5.91 Å². The zero-order valence-corrected chi connectivity index (χ0v) is 15.6. The molecule has 1 heterocycles. The molecular weight excluding hydrogens is 383 g/mol. The van der Waals surface area contributed by atoms with E-state index in [0.29, 0.717) is 23.0 Å². The third-order valence-electron chi connectivity index (χ3n) is 2.76. The van der Waals surface area contributed by atoms with Crippen LogP contribution in [0.4, 0.5) is 9.52 Å². The van der Waals surface area contributed by atoms with Crippen LogP contribution in [0.25, 0.3) is 11.3 Å². The summed E-state index contributed by atoms with van der Waals surface area (Å²) < 4.78 is 19.7. The minimum atomic E-state index is -0.425. The van der Waals surface area contributed by atoms with Crippen LogP contribution in [0, 0.1) is 11.2 Å². The van der Waals surface area contributed by atoms with E-state index in [1.807, 2.05) is 20.8 Å². The Morgan fingerprint density at radius 2 is 2.17 bits per heavy atom.